The van der Waals surface area contributed by atoms with Crippen LogP contribution in [0.25, 0.3) is 11.0 Å². The summed E-state index contributed by atoms with van der Waals surface area (Å²) in [5.41, 5.74) is 0.965. The van der Waals surface area contributed by atoms with Gasteiger partial charge in [-0.05, 0) is 26.0 Å². The fraction of sp³-hybridized carbons (Fsp3) is 0.267. The van der Waals surface area contributed by atoms with E-state index in [4.69, 9.17) is 0 Å². The first-order valence-electron chi connectivity index (χ1n) is 7.21. The molecule has 0 aliphatic heterocycles. The van der Waals surface area contributed by atoms with Crippen molar-refractivity contribution in [3.05, 3.63) is 49.9 Å². The minimum Gasteiger partial charge on any atom is -0.303 e. The molecule has 3 rings (SSSR count). The van der Waals surface area contributed by atoms with Crippen LogP contribution in [-0.4, -0.2) is 30.2 Å². The monoisotopic (exact) mass is 328 g/mol. The molecule has 1 amide bonds. The van der Waals surface area contributed by atoms with E-state index in [0.29, 0.717) is 5.82 Å². The molecule has 9 nitrogen and oxygen atoms in total. The first kappa shape index (κ1) is 15.7. The van der Waals surface area contributed by atoms with Crippen LogP contribution < -0.4 is 16.6 Å². The van der Waals surface area contributed by atoms with Gasteiger partial charge in [-0.25, -0.2) is 9.78 Å². The first-order chi connectivity index (χ1) is 11.3. The number of H-pyrrole nitrogens is 1. The Labute approximate surface area is 136 Å². The molecular weight excluding hydrogens is 312 g/mol. The van der Waals surface area contributed by atoms with Crippen LogP contribution in [0.3, 0.4) is 0 Å². The number of rotatable bonds is 2. The van der Waals surface area contributed by atoms with Gasteiger partial charge in [0.05, 0.1) is 5.39 Å². The van der Waals surface area contributed by atoms with Gasteiger partial charge in [0, 0.05) is 25.4 Å². The molecule has 0 bridgehead atoms. The largest absolute Gasteiger partial charge is 0.332 e. The molecule has 3 aromatic heterocycles. The van der Waals surface area contributed by atoms with Crippen molar-refractivity contribution in [3.8, 4) is 0 Å². The van der Waals surface area contributed by atoms with Crippen LogP contribution in [0.15, 0.2) is 21.7 Å². The Morgan fingerprint density at radius 1 is 1.17 bits per heavy atom. The van der Waals surface area contributed by atoms with Crippen molar-refractivity contribution in [3.63, 3.8) is 0 Å². The zero-order valence-corrected chi connectivity index (χ0v) is 13.7. The summed E-state index contributed by atoms with van der Waals surface area (Å²) in [7, 11) is 2.90. The molecule has 0 spiro atoms. The highest BCUT2D eigenvalue weighted by molar-refractivity contribution is 6.03. The molecule has 9 heteroatoms. The van der Waals surface area contributed by atoms with Crippen LogP contribution in [0.1, 0.15) is 21.7 Å². The average Bonchev–Trinajstić information content (AvgIpc) is 2.89. The number of carbonyl (C=O) groups excluding carboxylic acids is 1. The Bertz CT molecular complexity index is 1090. The van der Waals surface area contributed by atoms with Crippen LogP contribution in [0.4, 0.5) is 5.82 Å². The lowest BCUT2D eigenvalue weighted by Crippen LogP contribution is -2.37. The Morgan fingerprint density at radius 3 is 2.50 bits per heavy atom. The van der Waals surface area contributed by atoms with Gasteiger partial charge >= 0.3 is 5.69 Å². The van der Waals surface area contributed by atoms with Crippen LogP contribution in [0, 0.1) is 13.8 Å². The summed E-state index contributed by atoms with van der Waals surface area (Å²) in [6.07, 6.45) is 0. The standard InChI is InChI=1S/C15H16N6O3/c1-7-8(2)18-19-11(7)17-13(22)10-6-5-9-12(16-10)20(3)15(24)21(4)14(9)23/h5-6H,1-4H3,(H2,17,18,19,22). The van der Waals surface area contributed by atoms with E-state index in [1.165, 1.54) is 30.8 Å². The lowest BCUT2D eigenvalue weighted by atomic mass is 10.2. The van der Waals surface area contributed by atoms with Crippen LogP contribution in [0.2, 0.25) is 0 Å². The van der Waals surface area contributed by atoms with E-state index in [1.54, 1.807) is 0 Å². The molecule has 0 aromatic carbocycles. The summed E-state index contributed by atoms with van der Waals surface area (Å²) in [5, 5.41) is 9.71. The summed E-state index contributed by atoms with van der Waals surface area (Å²) < 4.78 is 2.23. The van der Waals surface area contributed by atoms with Crippen molar-refractivity contribution in [2.45, 2.75) is 13.8 Å². The van der Waals surface area contributed by atoms with E-state index >= 15 is 0 Å². The maximum absolute atomic E-state index is 12.4. The van der Waals surface area contributed by atoms with Gasteiger partial charge in [-0.15, -0.1) is 0 Å². The number of amides is 1. The van der Waals surface area contributed by atoms with Crippen molar-refractivity contribution in [2.75, 3.05) is 5.32 Å². The molecular formula is C15H16N6O3. The first-order valence-corrected chi connectivity index (χ1v) is 7.21. The molecule has 0 atom stereocenters. The molecule has 0 fully saturated rings. The SMILES string of the molecule is Cc1[nH]nc(NC(=O)c2ccc3c(=O)n(C)c(=O)n(C)c3n2)c1C. The molecule has 0 saturated carbocycles. The predicted molar refractivity (Wildman–Crippen MR) is 88.2 cm³/mol. The van der Waals surface area contributed by atoms with Crippen molar-refractivity contribution >= 4 is 22.8 Å². The van der Waals surface area contributed by atoms with E-state index in [0.717, 1.165) is 15.8 Å². The van der Waals surface area contributed by atoms with E-state index in [1.807, 2.05) is 13.8 Å². The summed E-state index contributed by atoms with van der Waals surface area (Å²) in [5.74, 6) is -0.0584. The van der Waals surface area contributed by atoms with Gasteiger partial charge in [-0.3, -0.25) is 23.8 Å². The molecule has 124 valence electrons. The highest BCUT2D eigenvalue weighted by Gasteiger charge is 2.16. The molecule has 3 heterocycles. The molecule has 0 saturated heterocycles. The number of carbonyl (C=O) groups is 1. The maximum atomic E-state index is 12.4. The number of hydrogen-bond donors (Lipinski definition) is 2. The van der Waals surface area contributed by atoms with Gasteiger partial charge < -0.3 is 5.32 Å². The number of aryl methyl sites for hydroxylation is 2. The number of aromatic nitrogens is 5. The quantitative estimate of drug-likeness (QED) is 0.698. The number of nitrogens with zero attached hydrogens (tertiary/aromatic N) is 4. The smallest absolute Gasteiger partial charge is 0.303 e. The van der Waals surface area contributed by atoms with Crippen molar-refractivity contribution in [1.29, 1.82) is 0 Å². The van der Waals surface area contributed by atoms with E-state index in [9.17, 15) is 14.4 Å². The summed E-state index contributed by atoms with van der Waals surface area (Å²) >= 11 is 0. The molecule has 0 unspecified atom stereocenters. The minimum absolute atomic E-state index is 0.0887. The fourth-order valence-electron chi connectivity index (χ4n) is 2.36. The number of pyridine rings is 1. The van der Waals surface area contributed by atoms with Crippen LogP contribution >= 0.6 is 0 Å². The highest BCUT2D eigenvalue weighted by atomic mass is 16.2. The summed E-state index contributed by atoms with van der Waals surface area (Å²) in [6.45, 7) is 3.67. The number of nitrogens with one attached hydrogen (secondary N) is 2. The molecule has 0 aliphatic carbocycles. The molecule has 0 aliphatic rings. The second-order valence-electron chi connectivity index (χ2n) is 5.55. The topological polar surface area (TPSA) is 115 Å². The van der Waals surface area contributed by atoms with Crippen LogP contribution in [0.5, 0.6) is 0 Å². The molecule has 24 heavy (non-hydrogen) atoms. The second kappa shape index (κ2) is 5.44. The highest BCUT2D eigenvalue weighted by Crippen LogP contribution is 2.15. The van der Waals surface area contributed by atoms with Gasteiger partial charge in [0.15, 0.2) is 5.82 Å². The zero-order chi connectivity index (χ0) is 17.6. The second-order valence-corrected chi connectivity index (χ2v) is 5.55. The van der Waals surface area contributed by atoms with E-state index < -0.39 is 17.2 Å². The van der Waals surface area contributed by atoms with Crippen molar-refractivity contribution < 1.29 is 4.79 Å². The van der Waals surface area contributed by atoms with E-state index in [-0.39, 0.29) is 16.7 Å². The Morgan fingerprint density at radius 2 is 1.88 bits per heavy atom. The lowest BCUT2D eigenvalue weighted by Gasteiger charge is -2.08. The molecule has 2 N–H and O–H groups in total. The Hall–Kier alpha value is -3.23. The van der Waals surface area contributed by atoms with Gasteiger partial charge in [0.1, 0.15) is 11.3 Å². The summed E-state index contributed by atoms with van der Waals surface area (Å²) in [4.78, 5) is 40.6. The number of anilines is 1. The fourth-order valence-corrected chi connectivity index (χ4v) is 2.36. The average molecular weight is 328 g/mol. The Kier molecular flexibility index (Phi) is 3.55. The molecule has 0 radical (unpaired) electrons. The normalized spacial score (nSPS) is 11.0. The Balaban J connectivity index is 2.08. The number of fused-ring (bicyclic) bond motifs is 1. The predicted octanol–water partition coefficient (Wildman–Crippen LogP) is 0.224. The third-order valence-corrected chi connectivity index (χ3v) is 4.02. The third-order valence-electron chi connectivity index (χ3n) is 4.02. The van der Waals surface area contributed by atoms with Crippen molar-refractivity contribution in [1.82, 2.24) is 24.3 Å². The van der Waals surface area contributed by atoms with Gasteiger partial charge in [-0.2, -0.15) is 5.10 Å². The number of hydrogen-bond acceptors (Lipinski definition) is 5. The zero-order valence-electron chi connectivity index (χ0n) is 13.7. The minimum atomic E-state index is -0.503. The lowest BCUT2D eigenvalue weighted by molar-refractivity contribution is 0.102. The van der Waals surface area contributed by atoms with Crippen molar-refractivity contribution in [2.24, 2.45) is 14.1 Å². The van der Waals surface area contributed by atoms with Crippen LogP contribution in [-0.2, 0) is 14.1 Å². The molecule has 3 aromatic rings. The third kappa shape index (κ3) is 2.30. The van der Waals surface area contributed by atoms with Gasteiger partial charge in [0.2, 0.25) is 0 Å². The van der Waals surface area contributed by atoms with Gasteiger partial charge in [0.25, 0.3) is 11.5 Å². The maximum Gasteiger partial charge on any atom is 0.332 e. The van der Waals surface area contributed by atoms with Gasteiger partial charge in [-0.1, -0.05) is 0 Å². The number of aromatic amines is 1. The van der Waals surface area contributed by atoms with E-state index in [2.05, 4.69) is 20.5 Å². The summed E-state index contributed by atoms with van der Waals surface area (Å²) in [6, 6.07) is 2.93.